The van der Waals surface area contributed by atoms with Gasteiger partial charge in [-0.2, -0.15) is 13.2 Å². The first-order chi connectivity index (χ1) is 11.8. The van der Waals surface area contributed by atoms with Crippen LogP contribution in [0.25, 0.3) is 10.9 Å². The quantitative estimate of drug-likeness (QED) is 0.664. The number of rotatable bonds is 3. The molecule has 25 heavy (non-hydrogen) atoms. The number of alkyl halides is 3. The number of carboxylic acids is 1. The van der Waals surface area contributed by atoms with Crippen LogP contribution in [-0.4, -0.2) is 16.1 Å². The van der Waals surface area contributed by atoms with Crippen LogP contribution in [0.2, 0.25) is 0 Å². The highest BCUT2D eigenvalue weighted by Gasteiger charge is 2.30. The molecule has 0 saturated heterocycles. The second-order valence-corrected chi connectivity index (χ2v) is 5.22. The van der Waals surface area contributed by atoms with Crippen molar-refractivity contribution < 1.29 is 27.5 Å². The van der Waals surface area contributed by atoms with Gasteiger partial charge in [0.2, 0.25) is 0 Å². The third-order valence-corrected chi connectivity index (χ3v) is 3.52. The summed E-state index contributed by atoms with van der Waals surface area (Å²) < 4.78 is 51.9. The largest absolute Gasteiger partial charge is 0.478 e. The standard InChI is InChI=1S/C17H10F4N2O2/c18-10-4-5-12-14(7-10)22-8-13(16(24)25)15(12)23-11-3-1-2-9(6-11)17(19,20)21/h1-8H,(H,22,23)(H,24,25). The van der Waals surface area contributed by atoms with Crippen molar-refractivity contribution in [3.8, 4) is 0 Å². The zero-order valence-electron chi connectivity index (χ0n) is 12.4. The molecule has 2 N–H and O–H groups in total. The second kappa shape index (κ2) is 6.04. The first-order valence-corrected chi connectivity index (χ1v) is 7.01. The van der Waals surface area contributed by atoms with Gasteiger partial charge < -0.3 is 10.4 Å². The Labute approximate surface area is 138 Å². The molecule has 0 fully saturated rings. The Hall–Kier alpha value is -3.16. The van der Waals surface area contributed by atoms with E-state index in [0.717, 1.165) is 30.5 Å². The zero-order valence-corrected chi connectivity index (χ0v) is 12.4. The Morgan fingerprint density at radius 3 is 2.56 bits per heavy atom. The summed E-state index contributed by atoms with van der Waals surface area (Å²) in [5.41, 5.74) is -0.847. The van der Waals surface area contributed by atoms with Gasteiger partial charge in [0, 0.05) is 23.3 Å². The molecule has 2 aromatic carbocycles. The highest BCUT2D eigenvalue weighted by Crippen LogP contribution is 2.33. The minimum absolute atomic E-state index is 0.0387. The third kappa shape index (κ3) is 3.37. The Balaban J connectivity index is 2.14. The number of carbonyl (C=O) groups is 1. The molecule has 0 bridgehead atoms. The Bertz CT molecular complexity index is 971. The highest BCUT2D eigenvalue weighted by atomic mass is 19.4. The Morgan fingerprint density at radius 2 is 1.88 bits per heavy atom. The first-order valence-electron chi connectivity index (χ1n) is 7.01. The SMILES string of the molecule is O=C(O)c1cnc2cc(F)ccc2c1Nc1cccc(C(F)(F)F)c1. The van der Waals surface area contributed by atoms with Crippen molar-refractivity contribution in [1.29, 1.82) is 0 Å². The van der Waals surface area contributed by atoms with Gasteiger partial charge in [0.1, 0.15) is 11.4 Å². The Morgan fingerprint density at radius 1 is 1.12 bits per heavy atom. The molecular weight excluding hydrogens is 340 g/mol. The maximum absolute atomic E-state index is 13.3. The molecule has 0 amide bonds. The molecule has 128 valence electrons. The van der Waals surface area contributed by atoms with Crippen molar-refractivity contribution in [3.63, 3.8) is 0 Å². The summed E-state index contributed by atoms with van der Waals surface area (Å²) in [7, 11) is 0. The lowest BCUT2D eigenvalue weighted by atomic mass is 10.1. The average molecular weight is 350 g/mol. The van der Waals surface area contributed by atoms with Gasteiger partial charge in [0.05, 0.1) is 16.8 Å². The maximum atomic E-state index is 13.3. The van der Waals surface area contributed by atoms with Crippen LogP contribution >= 0.6 is 0 Å². The summed E-state index contributed by atoms with van der Waals surface area (Å²) in [5, 5.41) is 12.3. The van der Waals surface area contributed by atoms with E-state index in [0.29, 0.717) is 0 Å². The number of carboxylic acid groups (broad SMARTS) is 1. The molecule has 0 spiro atoms. The van der Waals surface area contributed by atoms with Gasteiger partial charge in [-0.05, 0) is 30.3 Å². The molecule has 8 heteroatoms. The first kappa shape index (κ1) is 16.7. The van der Waals surface area contributed by atoms with Crippen molar-refractivity contribution in [3.05, 3.63) is 65.6 Å². The van der Waals surface area contributed by atoms with Gasteiger partial charge in [0.15, 0.2) is 0 Å². The molecule has 0 saturated carbocycles. The predicted molar refractivity (Wildman–Crippen MR) is 83.4 cm³/mol. The number of fused-ring (bicyclic) bond motifs is 1. The fourth-order valence-corrected chi connectivity index (χ4v) is 2.38. The van der Waals surface area contributed by atoms with Crippen molar-refractivity contribution in [1.82, 2.24) is 4.98 Å². The number of anilines is 2. The summed E-state index contributed by atoms with van der Waals surface area (Å²) in [4.78, 5) is 15.3. The van der Waals surface area contributed by atoms with Crippen molar-refractivity contribution in [2.45, 2.75) is 6.18 Å². The van der Waals surface area contributed by atoms with Gasteiger partial charge in [-0.15, -0.1) is 0 Å². The van der Waals surface area contributed by atoms with E-state index < -0.39 is 23.5 Å². The topological polar surface area (TPSA) is 62.2 Å². The molecule has 0 atom stereocenters. The minimum atomic E-state index is -4.53. The van der Waals surface area contributed by atoms with Gasteiger partial charge in [0.25, 0.3) is 0 Å². The van der Waals surface area contributed by atoms with Crippen LogP contribution in [0.15, 0.2) is 48.7 Å². The van der Waals surface area contributed by atoms with Gasteiger partial charge >= 0.3 is 12.1 Å². The number of pyridine rings is 1. The number of halogens is 4. The molecule has 3 rings (SSSR count). The van der Waals surface area contributed by atoms with E-state index in [9.17, 15) is 27.5 Å². The number of nitrogens with one attached hydrogen (secondary N) is 1. The lowest BCUT2D eigenvalue weighted by molar-refractivity contribution is -0.137. The lowest BCUT2D eigenvalue weighted by Crippen LogP contribution is -2.07. The number of aromatic nitrogens is 1. The number of hydrogen-bond donors (Lipinski definition) is 2. The van der Waals surface area contributed by atoms with Crippen molar-refractivity contribution in [2.75, 3.05) is 5.32 Å². The molecule has 3 aromatic rings. The van der Waals surface area contributed by atoms with E-state index in [1.807, 2.05) is 0 Å². The lowest BCUT2D eigenvalue weighted by Gasteiger charge is -2.14. The van der Waals surface area contributed by atoms with E-state index in [1.165, 1.54) is 18.2 Å². The Kier molecular flexibility index (Phi) is 4.03. The van der Waals surface area contributed by atoms with Crippen LogP contribution in [-0.2, 0) is 6.18 Å². The average Bonchev–Trinajstić information content (AvgIpc) is 2.54. The number of aromatic carboxylic acids is 1. The molecule has 0 unspecified atom stereocenters. The van der Waals surface area contributed by atoms with Gasteiger partial charge in [-0.1, -0.05) is 6.07 Å². The molecule has 1 aromatic heterocycles. The predicted octanol–water partition coefficient (Wildman–Crippen LogP) is 4.83. The molecule has 0 aliphatic rings. The molecule has 0 aliphatic carbocycles. The van der Waals surface area contributed by atoms with E-state index >= 15 is 0 Å². The van der Waals surface area contributed by atoms with Gasteiger partial charge in [-0.25, -0.2) is 9.18 Å². The summed E-state index contributed by atoms with van der Waals surface area (Å²) in [5.74, 6) is -1.87. The van der Waals surface area contributed by atoms with Crippen LogP contribution in [0.4, 0.5) is 28.9 Å². The van der Waals surface area contributed by atoms with Crippen LogP contribution in [0.3, 0.4) is 0 Å². The summed E-state index contributed by atoms with van der Waals surface area (Å²) >= 11 is 0. The molecule has 0 radical (unpaired) electrons. The number of benzene rings is 2. The van der Waals surface area contributed by atoms with Crippen LogP contribution < -0.4 is 5.32 Å². The molecule has 4 nitrogen and oxygen atoms in total. The fraction of sp³-hybridized carbons (Fsp3) is 0.0588. The summed E-state index contributed by atoms with van der Waals surface area (Å²) in [6.07, 6.45) is -3.50. The monoisotopic (exact) mass is 350 g/mol. The molecule has 1 heterocycles. The summed E-state index contributed by atoms with van der Waals surface area (Å²) in [6.45, 7) is 0. The maximum Gasteiger partial charge on any atom is 0.416 e. The highest BCUT2D eigenvalue weighted by molar-refractivity contribution is 6.05. The van der Waals surface area contributed by atoms with E-state index in [2.05, 4.69) is 10.3 Å². The second-order valence-electron chi connectivity index (χ2n) is 5.22. The minimum Gasteiger partial charge on any atom is -0.478 e. The third-order valence-electron chi connectivity index (χ3n) is 3.52. The number of hydrogen-bond acceptors (Lipinski definition) is 3. The summed E-state index contributed by atoms with van der Waals surface area (Å²) in [6, 6.07) is 7.89. The van der Waals surface area contributed by atoms with Crippen LogP contribution in [0, 0.1) is 5.82 Å². The zero-order chi connectivity index (χ0) is 18.2. The smallest absolute Gasteiger partial charge is 0.416 e. The van der Waals surface area contributed by atoms with Crippen LogP contribution in [0.1, 0.15) is 15.9 Å². The van der Waals surface area contributed by atoms with E-state index in [1.54, 1.807) is 0 Å². The van der Waals surface area contributed by atoms with E-state index in [4.69, 9.17) is 0 Å². The van der Waals surface area contributed by atoms with Crippen LogP contribution in [0.5, 0.6) is 0 Å². The normalized spacial score (nSPS) is 11.5. The van der Waals surface area contributed by atoms with Crippen molar-refractivity contribution in [2.24, 2.45) is 0 Å². The fourth-order valence-electron chi connectivity index (χ4n) is 2.38. The van der Waals surface area contributed by atoms with Crippen molar-refractivity contribution >= 4 is 28.2 Å². The molecular formula is C17H10F4N2O2. The van der Waals surface area contributed by atoms with E-state index in [-0.39, 0.29) is 27.8 Å². The van der Waals surface area contributed by atoms with Gasteiger partial charge in [-0.3, -0.25) is 4.98 Å². The molecule has 0 aliphatic heterocycles. The number of nitrogens with zero attached hydrogens (tertiary/aromatic N) is 1.